The van der Waals surface area contributed by atoms with Crippen LogP contribution in [0.2, 0.25) is 0 Å². The van der Waals surface area contributed by atoms with E-state index in [1.165, 1.54) is 11.3 Å². The maximum atomic E-state index is 13.9. The van der Waals surface area contributed by atoms with Crippen molar-refractivity contribution in [1.29, 1.82) is 0 Å². The lowest BCUT2D eigenvalue weighted by atomic mass is 10.1. The molecule has 0 unspecified atom stereocenters. The highest BCUT2D eigenvalue weighted by Crippen LogP contribution is 2.42. The summed E-state index contributed by atoms with van der Waals surface area (Å²) in [5.74, 6) is 0. The highest BCUT2D eigenvalue weighted by atomic mass is 32.1. The van der Waals surface area contributed by atoms with Crippen LogP contribution in [-0.2, 0) is 6.18 Å². The number of aryl methyl sites for hydroxylation is 1. The molecule has 0 radical (unpaired) electrons. The van der Waals surface area contributed by atoms with Crippen molar-refractivity contribution in [2.45, 2.75) is 13.1 Å². The van der Waals surface area contributed by atoms with E-state index in [1.54, 1.807) is 29.6 Å². The number of thiophene rings is 2. The van der Waals surface area contributed by atoms with Gasteiger partial charge < -0.3 is 0 Å². The molecular formula is C20H11F3N4OS2. The molecule has 5 aromatic rings. The lowest BCUT2D eigenvalue weighted by Gasteiger charge is -2.10. The summed E-state index contributed by atoms with van der Waals surface area (Å²) < 4.78 is 42.8. The molecule has 0 atom stereocenters. The molecule has 0 saturated carbocycles. The quantitative estimate of drug-likeness (QED) is 0.364. The van der Waals surface area contributed by atoms with Gasteiger partial charge in [-0.15, -0.1) is 27.8 Å². The van der Waals surface area contributed by atoms with E-state index in [4.69, 9.17) is 0 Å². The number of pyridine rings is 1. The fraction of sp³-hybridized carbons (Fsp3) is 0.100. The third-order valence-electron chi connectivity index (χ3n) is 4.62. The summed E-state index contributed by atoms with van der Waals surface area (Å²) in [6.07, 6.45) is -4.63. The number of hydrogen-bond donors (Lipinski definition) is 0. The first kappa shape index (κ1) is 18.9. The Kier molecular flexibility index (Phi) is 4.23. The summed E-state index contributed by atoms with van der Waals surface area (Å²) in [4.78, 5) is 18.1. The lowest BCUT2D eigenvalue weighted by Crippen LogP contribution is -2.21. The van der Waals surface area contributed by atoms with E-state index in [0.29, 0.717) is 10.6 Å². The van der Waals surface area contributed by atoms with Crippen molar-refractivity contribution < 1.29 is 13.2 Å². The minimum absolute atomic E-state index is 0.0825. The Labute approximate surface area is 175 Å². The fourth-order valence-electron chi connectivity index (χ4n) is 3.18. The van der Waals surface area contributed by atoms with Crippen molar-refractivity contribution in [1.82, 2.24) is 20.0 Å². The van der Waals surface area contributed by atoms with Gasteiger partial charge in [-0.25, -0.2) is 4.98 Å². The van der Waals surface area contributed by atoms with Crippen LogP contribution in [0.25, 0.3) is 36.7 Å². The van der Waals surface area contributed by atoms with E-state index < -0.39 is 17.3 Å². The summed E-state index contributed by atoms with van der Waals surface area (Å²) in [5.41, 5.74) is 0.217. The van der Waals surface area contributed by atoms with Gasteiger partial charge in [-0.05, 0) is 36.6 Å². The number of aromatic nitrogens is 4. The van der Waals surface area contributed by atoms with Crippen molar-refractivity contribution in [3.05, 3.63) is 69.3 Å². The predicted octanol–water partition coefficient (Wildman–Crippen LogP) is 5.45. The minimum Gasteiger partial charge on any atom is -0.266 e. The van der Waals surface area contributed by atoms with Crippen LogP contribution < -0.4 is 5.56 Å². The number of hydrogen-bond acceptors (Lipinski definition) is 6. The van der Waals surface area contributed by atoms with Gasteiger partial charge in [0.15, 0.2) is 0 Å². The van der Waals surface area contributed by atoms with Gasteiger partial charge >= 0.3 is 6.18 Å². The predicted molar refractivity (Wildman–Crippen MR) is 111 cm³/mol. The molecule has 150 valence electrons. The smallest absolute Gasteiger partial charge is 0.266 e. The van der Waals surface area contributed by atoms with E-state index in [1.807, 2.05) is 19.1 Å². The van der Waals surface area contributed by atoms with Crippen LogP contribution in [0, 0.1) is 6.92 Å². The first-order valence-corrected chi connectivity index (χ1v) is 10.4. The van der Waals surface area contributed by atoms with Gasteiger partial charge in [0.25, 0.3) is 5.56 Å². The third kappa shape index (κ3) is 2.99. The molecule has 4 aromatic heterocycles. The lowest BCUT2D eigenvalue weighted by molar-refractivity contribution is -0.136. The molecule has 5 rings (SSSR count). The second-order valence-electron chi connectivity index (χ2n) is 6.63. The van der Waals surface area contributed by atoms with Crippen molar-refractivity contribution in [2.24, 2.45) is 0 Å². The second kappa shape index (κ2) is 6.71. The van der Waals surface area contributed by atoms with E-state index >= 15 is 0 Å². The molecule has 0 bridgehead atoms. The van der Waals surface area contributed by atoms with Gasteiger partial charge in [-0.2, -0.15) is 17.9 Å². The molecular weight excluding hydrogens is 433 g/mol. The molecule has 0 aliphatic heterocycles. The zero-order valence-corrected chi connectivity index (χ0v) is 16.9. The summed E-state index contributed by atoms with van der Waals surface area (Å²) in [6, 6.07) is 11.5. The Balaban J connectivity index is 1.83. The van der Waals surface area contributed by atoms with Gasteiger partial charge in [-0.3, -0.25) is 4.79 Å². The zero-order chi connectivity index (χ0) is 21.0. The number of nitrogens with zero attached hydrogens (tertiary/aromatic N) is 4. The maximum Gasteiger partial charge on any atom is 0.417 e. The minimum atomic E-state index is -4.63. The van der Waals surface area contributed by atoms with Crippen molar-refractivity contribution >= 4 is 43.1 Å². The Morgan fingerprint density at radius 2 is 1.87 bits per heavy atom. The summed E-state index contributed by atoms with van der Waals surface area (Å²) in [7, 11) is 0. The Hall–Kier alpha value is -3.11. The average Bonchev–Trinajstić information content (AvgIpc) is 3.36. The molecule has 1 aromatic carbocycles. The van der Waals surface area contributed by atoms with Crippen LogP contribution in [-0.4, -0.2) is 20.0 Å². The molecule has 0 saturated heterocycles. The summed E-state index contributed by atoms with van der Waals surface area (Å²) in [5, 5.41) is 9.45. The highest BCUT2D eigenvalue weighted by Gasteiger charge is 2.36. The van der Waals surface area contributed by atoms with E-state index in [-0.39, 0.29) is 26.1 Å². The normalized spacial score (nSPS) is 12.1. The Morgan fingerprint density at radius 3 is 2.53 bits per heavy atom. The molecule has 0 spiro atoms. The topological polar surface area (TPSA) is 60.7 Å². The molecule has 0 aliphatic rings. The largest absolute Gasteiger partial charge is 0.417 e. The van der Waals surface area contributed by atoms with E-state index in [9.17, 15) is 18.0 Å². The molecule has 0 N–H and O–H groups in total. The van der Waals surface area contributed by atoms with Gasteiger partial charge in [0, 0.05) is 0 Å². The Morgan fingerprint density at radius 1 is 1.10 bits per heavy atom. The highest BCUT2D eigenvalue weighted by molar-refractivity contribution is 7.25. The van der Waals surface area contributed by atoms with Crippen molar-refractivity contribution in [3.63, 3.8) is 0 Å². The molecule has 0 aliphatic carbocycles. The molecule has 10 heteroatoms. The number of halogens is 3. The van der Waals surface area contributed by atoms with E-state index in [0.717, 1.165) is 27.6 Å². The van der Waals surface area contributed by atoms with Gasteiger partial charge in [0.2, 0.25) is 0 Å². The Bertz CT molecular complexity index is 1450. The summed E-state index contributed by atoms with van der Waals surface area (Å²) >= 11 is 2.20. The van der Waals surface area contributed by atoms with Gasteiger partial charge in [0.1, 0.15) is 15.0 Å². The number of fused-ring (bicyclic) bond motifs is 3. The standard InChI is InChI=1S/C20H11F3N4OS2/c1-10-4-6-11(7-5-10)27-19(28)17-16(25-26-27)15-12(20(21,22)23)9-13(24-18(15)30-17)14-3-2-8-29-14/h2-9H,1H3. The molecule has 0 fully saturated rings. The molecule has 0 amide bonds. The van der Waals surface area contributed by atoms with Crippen LogP contribution in [0.1, 0.15) is 11.1 Å². The first-order chi connectivity index (χ1) is 14.3. The molecule has 4 heterocycles. The number of rotatable bonds is 2. The zero-order valence-electron chi connectivity index (χ0n) is 15.3. The van der Waals surface area contributed by atoms with Crippen LogP contribution >= 0.6 is 22.7 Å². The van der Waals surface area contributed by atoms with Gasteiger partial charge in [0.05, 0.1) is 27.2 Å². The number of benzene rings is 1. The van der Waals surface area contributed by atoms with E-state index in [2.05, 4.69) is 15.3 Å². The first-order valence-electron chi connectivity index (χ1n) is 8.74. The number of alkyl halides is 3. The molecule has 5 nitrogen and oxygen atoms in total. The van der Waals surface area contributed by atoms with Crippen molar-refractivity contribution in [2.75, 3.05) is 0 Å². The summed E-state index contributed by atoms with van der Waals surface area (Å²) in [6.45, 7) is 1.91. The van der Waals surface area contributed by atoms with Crippen molar-refractivity contribution in [3.8, 4) is 16.3 Å². The fourth-order valence-corrected chi connectivity index (χ4v) is 4.92. The SMILES string of the molecule is Cc1ccc(-n2nnc3c(sc4nc(-c5cccs5)cc(C(F)(F)F)c43)c2=O)cc1. The van der Waals surface area contributed by atoms with Gasteiger partial charge in [-0.1, -0.05) is 29.0 Å². The second-order valence-corrected chi connectivity index (χ2v) is 8.58. The molecule has 30 heavy (non-hydrogen) atoms. The van der Waals surface area contributed by atoms with Crippen LogP contribution in [0.5, 0.6) is 0 Å². The maximum absolute atomic E-state index is 13.9. The van der Waals surface area contributed by atoms with Crippen LogP contribution in [0.15, 0.2) is 52.6 Å². The van der Waals surface area contributed by atoms with Crippen LogP contribution in [0.3, 0.4) is 0 Å². The van der Waals surface area contributed by atoms with Crippen LogP contribution in [0.4, 0.5) is 13.2 Å². The third-order valence-corrected chi connectivity index (χ3v) is 6.57. The average molecular weight is 444 g/mol. The monoisotopic (exact) mass is 444 g/mol.